The second kappa shape index (κ2) is 12.0. The fraction of sp³-hybridized carbons (Fsp3) is 0. The summed E-state index contributed by atoms with van der Waals surface area (Å²) in [5.74, 6) is 2.98. The first-order chi connectivity index (χ1) is 16.3. The summed E-state index contributed by atoms with van der Waals surface area (Å²) in [4.78, 5) is 4.27. The first-order valence-corrected chi connectivity index (χ1v) is 13.1. The first-order valence-electron chi connectivity index (χ1n) is 10.3. The zero-order valence-electron chi connectivity index (χ0n) is 17.6. The van der Waals surface area contributed by atoms with E-state index in [-0.39, 0.29) is 0 Å². The summed E-state index contributed by atoms with van der Waals surface area (Å²) in [5.41, 5.74) is 1.77. The molecule has 1 aromatic heterocycles. The Morgan fingerprint density at radius 1 is 0.636 bits per heavy atom. The van der Waals surface area contributed by atoms with Gasteiger partial charge >= 0.3 is 99.7 Å². The van der Waals surface area contributed by atoms with Crippen molar-refractivity contribution in [3.8, 4) is 10.1 Å². The van der Waals surface area contributed by atoms with Gasteiger partial charge in [-0.1, -0.05) is 91.0 Å². The van der Waals surface area contributed by atoms with Crippen molar-refractivity contribution in [2.24, 2.45) is 0 Å². The molecule has 5 rings (SSSR count). The van der Waals surface area contributed by atoms with E-state index in [1.165, 1.54) is 15.9 Å². The van der Waals surface area contributed by atoms with Crippen molar-refractivity contribution < 1.29 is 21.1 Å². The van der Waals surface area contributed by atoms with Gasteiger partial charge in [0.1, 0.15) is 0 Å². The molecule has 0 saturated carbocycles. The molecule has 0 radical (unpaired) electrons. The zero-order chi connectivity index (χ0) is 22.9. The molecule has 0 fully saturated rings. The van der Waals surface area contributed by atoms with Gasteiger partial charge in [-0.2, -0.15) is 0 Å². The van der Waals surface area contributed by atoms with Crippen molar-refractivity contribution in [2.45, 2.75) is 0 Å². The molecule has 0 aliphatic heterocycles. The van der Waals surface area contributed by atoms with Crippen LogP contribution < -0.4 is 15.9 Å². The van der Waals surface area contributed by atoms with Crippen molar-refractivity contribution in [1.29, 1.82) is 0 Å². The van der Waals surface area contributed by atoms with Crippen LogP contribution >= 0.6 is 19.5 Å². The average molecular weight is 646 g/mol. The maximum atomic E-state index is 6.04. The summed E-state index contributed by atoms with van der Waals surface area (Å²) in [6.07, 6.45) is 1.74. The summed E-state index contributed by atoms with van der Waals surface area (Å²) in [5, 5.41) is 5.85. The van der Waals surface area contributed by atoms with Gasteiger partial charge in [0.2, 0.25) is 0 Å². The van der Waals surface area contributed by atoms with E-state index in [9.17, 15) is 0 Å². The second-order valence-electron chi connectivity index (χ2n) is 7.04. The molecule has 0 aliphatic carbocycles. The van der Waals surface area contributed by atoms with Crippen LogP contribution in [-0.2, 0) is 21.1 Å². The number of hydrogen-bond donors (Lipinski definition) is 0. The number of halogens is 1. The Morgan fingerprint density at radius 2 is 1.15 bits per heavy atom. The van der Waals surface area contributed by atoms with Gasteiger partial charge in [-0.15, -0.1) is 0 Å². The fourth-order valence-corrected chi connectivity index (χ4v) is 6.27. The van der Waals surface area contributed by atoms with Crippen molar-refractivity contribution in [3.05, 3.63) is 132 Å². The minimum atomic E-state index is -0.446. The molecule has 5 aromatic rings. The quantitative estimate of drug-likeness (QED) is 0.130. The van der Waals surface area contributed by atoms with Crippen LogP contribution in [0.5, 0.6) is 0 Å². The Hall–Kier alpha value is -2.69. The Balaban J connectivity index is 0.000000165. The summed E-state index contributed by atoms with van der Waals surface area (Å²) < 4.78 is 2.81. The summed E-state index contributed by atoms with van der Waals surface area (Å²) >= 11 is 8.22. The SMILES string of the molecule is Clc1ccc(C#[C][Au])c2ncccc12.c1ccc(P(c2ccccc2)c2ccccc2)cc1. The Morgan fingerprint density at radius 3 is 1.64 bits per heavy atom. The minimum Gasteiger partial charge on any atom is -0.0622 e. The molecule has 0 spiro atoms. The van der Waals surface area contributed by atoms with E-state index in [0.29, 0.717) is 5.02 Å². The van der Waals surface area contributed by atoms with E-state index in [0.717, 1.165) is 16.5 Å². The molecule has 0 aliphatic rings. The van der Waals surface area contributed by atoms with Crippen LogP contribution in [0, 0.1) is 10.1 Å². The molecule has 1 heterocycles. The maximum Gasteiger partial charge on any atom is -0.0134 e. The van der Waals surface area contributed by atoms with E-state index in [1.54, 1.807) is 6.20 Å². The van der Waals surface area contributed by atoms with Gasteiger partial charge in [-0.25, -0.2) is 0 Å². The van der Waals surface area contributed by atoms with Crippen molar-refractivity contribution in [3.63, 3.8) is 0 Å². The standard InChI is InChI=1S/C18H15P.C11H5ClN.Au/c1-4-10-16(11-5-1)19(17-12-6-2-7-13-17)18-14-8-3-9-15-18;1-2-8-5-6-10(12)9-4-3-7-13-11(8)9;/h1-15H;3-7H;. The van der Waals surface area contributed by atoms with E-state index in [1.807, 2.05) is 24.3 Å². The number of benzene rings is 4. The largest absolute Gasteiger partial charge is 0.0622 e. The number of aromatic nitrogens is 1. The van der Waals surface area contributed by atoms with Crippen LogP contribution in [0.3, 0.4) is 0 Å². The molecule has 33 heavy (non-hydrogen) atoms. The van der Waals surface area contributed by atoms with Crippen molar-refractivity contribution in [1.82, 2.24) is 4.98 Å². The number of nitrogens with zero attached hydrogens (tertiary/aromatic N) is 1. The molecule has 0 bridgehead atoms. The fourth-order valence-electron chi connectivity index (χ4n) is 3.46. The number of fused-ring (bicyclic) bond motifs is 1. The van der Waals surface area contributed by atoms with Crippen LogP contribution in [0.4, 0.5) is 0 Å². The molecule has 0 saturated heterocycles. The average Bonchev–Trinajstić information content (AvgIpc) is 2.89. The third-order valence-corrected chi connectivity index (χ3v) is 7.98. The van der Waals surface area contributed by atoms with E-state index < -0.39 is 7.92 Å². The van der Waals surface area contributed by atoms with Crippen LogP contribution in [0.25, 0.3) is 10.9 Å². The molecule has 4 heteroatoms. The summed E-state index contributed by atoms with van der Waals surface area (Å²) in [6, 6.07) is 39.9. The monoisotopic (exact) mass is 645 g/mol. The van der Waals surface area contributed by atoms with E-state index in [2.05, 4.69) is 127 Å². The van der Waals surface area contributed by atoms with Crippen LogP contribution in [-0.4, -0.2) is 4.98 Å². The molecule has 0 N–H and O–H groups in total. The molecule has 4 aromatic carbocycles. The number of rotatable bonds is 3. The second-order valence-corrected chi connectivity index (χ2v) is 10.2. The Bertz CT molecular complexity index is 1290. The van der Waals surface area contributed by atoms with Gasteiger partial charge in [0.15, 0.2) is 0 Å². The number of pyridine rings is 1. The van der Waals surface area contributed by atoms with Crippen molar-refractivity contribution >= 4 is 46.3 Å². The van der Waals surface area contributed by atoms with Gasteiger partial charge in [0.05, 0.1) is 0 Å². The third kappa shape index (κ3) is 6.01. The van der Waals surface area contributed by atoms with Gasteiger partial charge in [-0.3, -0.25) is 0 Å². The normalized spacial score (nSPS) is 10.2. The topological polar surface area (TPSA) is 12.9 Å². The van der Waals surface area contributed by atoms with E-state index >= 15 is 0 Å². The van der Waals surface area contributed by atoms with Gasteiger partial charge in [0, 0.05) is 0 Å². The van der Waals surface area contributed by atoms with E-state index in [4.69, 9.17) is 11.6 Å². The van der Waals surface area contributed by atoms with Gasteiger partial charge in [-0.05, 0) is 23.8 Å². The predicted octanol–water partition coefficient (Wildman–Crippen LogP) is 6.19. The van der Waals surface area contributed by atoms with Gasteiger partial charge in [0.25, 0.3) is 0 Å². The van der Waals surface area contributed by atoms with Gasteiger partial charge < -0.3 is 0 Å². The molecular formula is C29H20AuClNP. The Labute approximate surface area is 213 Å². The summed E-state index contributed by atoms with van der Waals surface area (Å²) in [7, 11) is -0.446. The zero-order valence-corrected chi connectivity index (χ0v) is 21.4. The van der Waals surface area contributed by atoms with Crippen LogP contribution in [0.15, 0.2) is 121 Å². The molecular weight excluding hydrogens is 626 g/mol. The molecule has 164 valence electrons. The molecule has 1 nitrogen and oxygen atoms in total. The van der Waals surface area contributed by atoms with Crippen LogP contribution in [0.1, 0.15) is 5.56 Å². The smallest absolute Gasteiger partial charge is 0.0134 e. The molecule has 0 amide bonds. The number of hydrogen-bond acceptors (Lipinski definition) is 1. The predicted molar refractivity (Wildman–Crippen MR) is 139 cm³/mol. The Kier molecular flexibility index (Phi) is 8.51. The molecule has 0 atom stereocenters. The van der Waals surface area contributed by atoms with Crippen molar-refractivity contribution in [2.75, 3.05) is 0 Å². The molecule has 0 unspecified atom stereocenters. The third-order valence-electron chi connectivity index (χ3n) is 4.93. The van der Waals surface area contributed by atoms with Crippen LogP contribution in [0.2, 0.25) is 5.02 Å². The first kappa shape index (κ1) is 23.5. The minimum absolute atomic E-state index is 0.446. The summed E-state index contributed by atoms with van der Waals surface area (Å²) in [6.45, 7) is 0. The maximum absolute atomic E-state index is 6.04.